The number of nitrogens with zero attached hydrogens (tertiary/aromatic N) is 3. The Bertz CT molecular complexity index is 714. The number of carbonyl (C=O) groups is 1. The quantitative estimate of drug-likeness (QED) is 0.856. The Kier molecular flexibility index (Phi) is 3.99. The molecular weight excluding hydrogens is 284 g/mol. The SMILES string of the molecule is COc1cc(Cl)nc(NC(=O)c2ccn(C)c(=O)c2)n1. The molecule has 104 valence electrons. The second kappa shape index (κ2) is 5.70. The first-order valence-electron chi connectivity index (χ1n) is 5.56. The summed E-state index contributed by atoms with van der Waals surface area (Å²) in [6.07, 6.45) is 1.50. The van der Waals surface area contributed by atoms with E-state index in [1.165, 1.54) is 36.1 Å². The summed E-state index contributed by atoms with van der Waals surface area (Å²) in [7, 11) is 3.01. The van der Waals surface area contributed by atoms with E-state index in [4.69, 9.17) is 16.3 Å². The maximum atomic E-state index is 12.0. The molecule has 2 aromatic rings. The van der Waals surface area contributed by atoms with Gasteiger partial charge in [0.25, 0.3) is 11.5 Å². The van der Waals surface area contributed by atoms with Crippen LogP contribution in [0.5, 0.6) is 5.88 Å². The number of nitrogens with one attached hydrogen (secondary N) is 1. The third-order valence-electron chi connectivity index (χ3n) is 2.47. The molecule has 20 heavy (non-hydrogen) atoms. The van der Waals surface area contributed by atoms with E-state index >= 15 is 0 Å². The Morgan fingerprint density at radius 3 is 2.80 bits per heavy atom. The van der Waals surface area contributed by atoms with Crippen LogP contribution in [0.4, 0.5) is 5.95 Å². The van der Waals surface area contributed by atoms with Crippen LogP contribution in [0.3, 0.4) is 0 Å². The number of carbonyl (C=O) groups excluding carboxylic acids is 1. The van der Waals surface area contributed by atoms with E-state index < -0.39 is 5.91 Å². The second-order valence-corrected chi connectivity index (χ2v) is 4.26. The Morgan fingerprint density at radius 2 is 2.15 bits per heavy atom. The lowest BCUT2D eigenvalue weighted by Gasteiger charge is -2.06. The van der Waals surface area contributed by atoms with Crippen molar-refractivity contribution in [1.29, 1.82) is 0 Å². The number of hydrogen-bond donors (Lipinski definition) is 1. The summed E-state index contributed by atoms with van der Waals surface area (Å²) in [5, 5.41) is 2.58. The molecule has 8 heteroatoms. The zero-order valence-electron chi connectivity index (χ0n) is 10.8. The summed E-state index contributed by atoms with van der Waals surface area (Å²) in [4.78, 5) is 31.2. The van der Waals surface area contributed by atoms with Gasteiger partial charge in [-0.15, -0.1) is 0 Å². The van der Waals surface area contributed by atoms with Crippen molar-refractivity contribution < 1.29 is 9.53 Å². The van der Waals surface area contributed by atoms with Crippen molar-refractivity contribution in [2.75, 3.05) is 12.4 Å². The molecule has 2 heterocycles. The zero-order valence-corrected chi connectivity index (χ0v) is 11.5. The number of halogens is 1. The van der Waals surface area contributed by atoms with Crippen LogP contribution in [0.25, 0.3) is 0 Å². The Hall–Kier alpha value is -2.41. The lowest BCUT2D eigenvalue weighted by atomic mass is 10.2. The predicted octanol–water partition coefficient (Wildman–Crippen LogP) is 1.09. The molecule has 7 nitrogen and oxygen atoms in total. The molecule has 0 saturated heterocycles. The van der Waals surface area contributed by atoms with Crippen molar-refractivity contribution in [1.82, 2.24) is 14.5 Å². The van der Waals surface area contributed by atoms with Gasteiger partial charge in [0.2, 0.25) is 11.8 Å². The van der Waals surface area contributed by atoms with Gasteiger partial charge in [0.15, 0.2) is 0 Å². The van der Waals surface area contributed by atoms with Crippen molar-refractivity contribution in [2.24, 2.45) is 7.05 Å². The first kappa shape index (κ1) is 14.0. The molecule has 0 aromatic carbocycles. The molecular formula is C12H11ClN4O3. The highest BCUT2D eigenvalue weighted by Gasteiger charge is 2.10. The van der Waals surface area contributed by atoms with Gasteiger partial charge in [0, 0.05) is 30.9 Å². The number of anilines is 1. The Morgan fingerprint density at radius 1 is 1.40 bits per heavy atom. The van der Waals surface area contributed by atoms with Crippen LogP contribution < -0.4 is 15.6 Å². The van der Waals surface area contributed by atoms with Gasteiger partial charge in [0.05, 0.1) is 7.11 Å². The summed E-state index contributed by atoms with van der Waals surface area (Å²) in [5.74, 6) is -0.281. The summed E-state index contributed by atoms with van der Waals surface area (Å²) in [6, 6.07) is 4.14. The van der Waals surface area contributed by atoms with E-state index in [0.29, 0.717) is 0 Å². The molecule has 0 fully saturated rings. The van der Waals surface area contributed by atoms with Gasteiger partial charge in [-0.2, -0.15) is 4.98 Å². The van der Waals surface area contributed by atoms with E-state index in [9.17, 15) is 9.59 Å². The van der Waals surface area contributed by atoms with E-state index in [0.717, 1.165) is 0 Å². The van der Waals surface area contributed by atoms with Gasteiger partial charge in [-0.3, -0.25) is 14.9 Å². The molecule has 0 spiro atoms. The van der Waals surface area contributed by atoms with Crippen molar-refractivity contribution >= 4 is 23.5 Å². The van der Waals surface area contributed by atoms with Crippen molar-refractivity contribution in [3.63, 3.8) is 0 Å². The van der Waals surface area contributed by atoms with Crippen molar-refractivity contribution in [3.8, 4) is 5.88 Å². The van der Waals surface area contributed by atoms with E-state index in [-0.39, 0.29) is 28.1 Å². The lowest BCUT2D eigenvalue weighted by molar-refractivity contribution is 0.102. The van der Waals surface area contributed by atoms with Crippen molar-refractivity contribution in [3.05, 3.63) is 45.5 Å². The minimum absolute atomic E-state index is 0.0000250. The first-order chi connectivity index (χ1) is 9.49. The van der Waals surface area contributed by atoms with Gasteiger partial charge < -0.3 is 9.30 Å². The third-order valence-corrected chi connectivity index (χ3v) is 2.67. The minimum Gasteiger partial charge on any atom is -0.481 e. The van der Waals surface area contributed by atoms with Gasteiger partial charge in [-0.1, -0.05) is 11.6 Å². The molecule has 0 aliphatic carbocycles. The standard InChI is InChI=1S/C12H11ClN4O3/c1-17-4-3-7(5-10(17)18)11(19)16-12-14-8(13)6-9(15-12)20-2/h3-6H,1-2H3,(H,14,15,16,19). The van der Waals surface area contributed by atoms with Crippen LogP contribution >= 0.6 is 11.6 Å². The van der Waals surface area contributed by atoms with Crippen LogP contribution in [0.2, 0.25) is 5.15 Å². The average Bonchev–Trinajstić information content (AvgIpc) is 2.41. The first-order valence-corrected chi connectivity index (χ1v) is 5.94. The van der Waals surface area contributed by atoms with E-state index in [1.54, 1.807) is 7.05 Å². The van der Waals surface area contributed by atoms with Gasteiger partial charge >= 0.3 is 0 Å². The summed E-state index contributed by atoms with van der Waals surface area (Å²) < 4.78 is 6.27. The molecule has 1 amide bonds. The van der Waals surface area contributed by atoms with Crippen LogP contribution in [-0.4, -0.2) is 27.6 Å². The highest BCUT2D eigenvalue weighted by Crippen LogP contribution is 2.16. The fraction of sp³-hybridized carbons (Fsp3) is 0.167. The molecule has 2 aromatic heterocycles. The Balaban J connectivity index is 2.25. The molecule has 0 radical (unpaired) electrons. The molecule has 0 atom stereocenters. The summed E-state index contributed by atoms with van der Waals surface area (Å²) in [5.41, 5.74) is -0.0853. The summed E-state index contributed by atoms with van der Waals surface area (Å²) in [6.45, 7) is 0. The van der Waals surface area contributed by atoms with E-state index in [1.807, 2.05) is 0 Å². The molecule has 0 aliphatic rings. The maximum Gasteiger partial charge on any atom is 0.258 e. The highest BCUT2D eigenvalue weighted by molar-refractivity contribution is 6.29. The van der Waals surface area contributed by atoms with Gasteiger partial charge in [-0.05, 0) is 6.07 Å². The predicted molar refractivity (Wildman–Crippen MR) is 73.2 cm³/mol. The number of rotatable bonds is 3. The zero-order chi connectivity index (χ0) is 14.7. The topological polar surface area (TPSA) is 86.1 Å². The maximum absolute atomic E-state index is 12.0. The number of aryl methyl sites for hydroxylation is 1. The summed E-state index contributed by atoms with van der Waals surface area (Å²) >= 11 is 5.77. The number of hydrogen-bond acceptors (Lipinski definition) is 5. The van der Waals surface area contributed by atoms with Gasteiger partial charge in [-0.25, -0.2) is 4.98 Å². The molecule has 0 bridgehead atoms. The fourth-order valence-electron chi connectivity index (χ4n) is 1.42. The van der Waals surface area contributed by atoms with Crippen molar-refractivity contribution in [2.45, 2.75) is 0 Å². The fourth-order valence-corrected chi connectivity index (χ4v) is 1.59. The second-order valence-electron chi connectivity index (χ2n) is 3.88. The van der Waals surface area contributed by atoms with E-state index in [2.05, 4.69) is 15.3 Å². The molecule has 0 unspecified atom stereocenters. The monoisotopic (exact) mass is 294 g/mol. The normalized spacial score (nSPS) is 10.2. The van der Waals surface area contributed by atoms with Gasteiger partial charge in [0.1, 0.15) is 5.15 Å². The molecule has 0 saturated carbocycles. The third kappa shape index (κ3) is 3.12. The number of amides is 1. The average molecular weight is 295 g/mol. The molecule has 1 N–H and O–H groups in total. The number of ether oxygens (including phenoxy) is 1. The van der Waals surface area contributed by atoms with Crippen LogP contribution in [-0.2, 0) is 7.05 Å². The molecule has 0 aliphatic heterocycles. The van der Waals surface area contributed by atoms with Crippen LogP contribution in [0.1, 0.15) is 10.4 Å². The minimum atomic E-state index is -0.507. The van der Waals surface area contributed by atoms with Crippen LogP contribution in [0, 0.1) is 0 Å². The Labute approximate surface area is 119 Å². The number of pyridine rings is 1. The lowest BCUT2D eigenvalue weighted by Crippen LogP contribution is -2.20. The number of aromatic nitrogens is 3. The highest BCUT2D eigenvalue weighted by atomic mass is 35.5. The number of methoxy groups -OCH3 is 1. The largest absolute Gasteiger partial charge is 0.481 e. The molecule has 2 rings (SSSR count). The smallest absolute Gasteiger partial charge is 0.258 e. The van der Waals surface area contributed by atoms with Crippen LogP contribution in [0.15, 0.2) is 29.2 Å².